The van der Waals surface area contributed by atoms with Gasteiger partial charge in [0.1, 0.15) is 6.04 Å². The average molecular weight is 348 g/mol. The fraction of sp³-hybridized carbons (Fsp3) is 0.444. The molecule has 1 aliphatic rings. The number of ether oxygens (including phenoxy) is 3. The first-order chi connectivity index (χ1) is 11.8. The maximum atomic E-state index is 12.5. The molecule has 0 fully saturated rings. The van der Waals surface area contributed by atoms with Gasteiger partial charge in [-0.1, -0.05) is 13.8 Å². The van der Waals surface area contributed by atoms with Crippen molar-refractivity contribution < 1.29 is 23.8 Å². The van der Waals surface area contributed by atoms with Crippen molar-refractivity contribution in [3.63, 3.8) is 0 Å². The molecule has 1 unspecified atom stereocenters. The molecule has 0 aromatic heterocycles. The second-order valence-electron chi connectivity index (χ2n) is 6.06. The fourth-order valence-electron chi connectivity index (χ4n) is 2.88. The van der Waals surface area contributed by atoms with Gasteiger partial charge >= 0.3 is 0 Å². The molecule has 2 rings (SSSR count). The third-order valence-corrected chi connectivity index (χ3v) is 4.07. The normalized spacial score (nSPS) is 17.1. The van der Waals surface area contributed by atoms with Crippen LogP contribution in [0.1, 0.15) is 26.3 Å². The first kappa shape index (κ1) is 18.6. The van der Waals surface area contributed by atoms with E-state index < -0.39 is 6.04 Å². The smallest absolute Gasteiger partial charge is 0.247 e. The maximum Gasteiger partial charge on any atom is 0.247 e. The number of benzene rings is 1. The highest BCUT2D eigenvalue weighted by Crippen LogP contribution is 2.40. The number of amides is 2. The van der Waals surface area contributed by atoms with E-state index in [0.717, 1.165) is 0 Å². The molecule has 1 aromatic carbocycles. The van der Waals surface area contributed by atoms with Gasteiger partial charge in [-0.3, -0.25) is 9.59 Å². The van der Waals surface area contributed by atoms with Crippen LogP contribution in [-0.4, -0.2) is 44.1 Å². The predicted molar refractivity (Wildman–Crippen MR) is 93.4 cm³/mol. The minimum atomic E-state index is -0.539. The van der Waals surface area contributed by atoms with Crippen molar-refractivity contribution in [2.24, 2.45) is 5.92 Å². The lowest BCUT2D eigenvalue weighted by Crippen LogP contribution is -2.52. The van der Waals surface area contributed by atoms with Crippen LogP contribution >= 0.6 is 0 Å². The number of nitrogens with one attached hydrogen (secondary N) is 1. The van der Waals surface area contributed by atoms with Gasteiger partial charge in [0.2, 0.25) is 17.6 Å². The molecule has 7 nitrogen and oxygen atoms in total. The van der Waals surface area contributed by atoms with Gasteiger partial charge in [-0.2, -0.15) is 0 Å². The molecule has 1 atom stereocenters. The Hall–Kier alpha value is -2.70. The molecule has 7 heteroatoms. The Morgan fingerprint density at radius 3 is 2.08 bits per heavy atom. The Balaban J connectivity index is 2.56. The first-order valence-electron chi connectivity index (χ1n) is 7.96. The summed E-state index contributed by atoms with van der Waals surface area (Å²) in [5.41, 5.74) is 1.15. The van der Waals surface area contributed by atoms with E-state index >= 15 is 0 Å². The second kappa shape index (κ2) is 7.46. The lowest BCUT2D eigenvalue weighted by Gasteiger charge is -2.35. The van der Waals surface area contributed by atoms with E-state index in [1.54, 1.807) is 18.3 Å². The third kappa shape index (κ3) is 3.55. The summed E-state index contributed by atoms with van der Waals surface area (Å²) >= 11 is 0. The minimum Gasteiger partial charge on any atom is -0.493 e. The molecular formula is C18H24N2O5. The third-order valence-electron chi connectivity index (χ3n) is 4.07. The number of nitrogens with zero attached hydrogens (tertiary/aromatic N) is 1. The van der Waals surface area contributed by atoms with Crippen LogP contribution in [-0.2, 0) is 9.59 Å². The van der Waals surface area contributed by atoms with E-state index in [1.165, 1.54) is 33.2 Å². The van der Waals surface area contributed by atoms with Gasteiger partial charge in [0.15, 0.2) is 11.5 Å². The fourth-order valence-corrected chi connectivity index (χ4v) is 2.88. The summed E-state index contributed by atoms with van der Waals surface area (Å²) in [5, 5.41) is 2.87. The molecule has 136 valence electrons. The zero-order chi connectivity index (χ0) is 18.7. The van der Waals surface area contributed by atoms with Crippen molar-refractivity contribution >= 4 is 17.5 Å². The van der Waals surface area contributed by atoms with Gasteiger partial charge in [-0.05, 0) is 18.1 Å². The zero-order valence-electron chi connectivity index (χ0n) is 15.4. The van der Waals surface area contributed by atoms with E-state index in [1.807, 2.05) is 13.8 Å². The van der Waals surface area contributed by atoms with Crippen LogP contribution in [0.15, 0.2) is 18.3 Å². The minimum absolute atomic E-state index is 0.0124. The quantitative estimate of drug-likeness (QED) is 0.881. The average Bonchev–Trinajstić information content (AvgIpc) is 2.58. The summed E-state index contributed by atoms with van der Waals surface area (Å²) in [6.45, 7) is 5.24. The summed E-state index contributed by atoms with van der Waals surface area (Å²) in [4.78, 5) is 26.0. The van der Waals surface area contributed by atoms with Gasteiger partial charge in [0.05, 0.1) is 27.0 Å². The number of hydrogen-bond donors (Lipinski definition) is 1. The van der Waals surface area contributed by atoms with Crippen LogP contribution in [0.5, 0.6) is 17.2 Å². The molecule has 0 aliphatic carbocycles. The molecular weight excluding hydrogens is 324 g/mol. The molecule has 25 heavy (non-hydrogen) atoms. The predicted octanol–water partition coefficient (Wildman–Crippen LogP) is 2.01. The molecule has 0 saturated heterocycles. The van der Waals surface area contributed by atoms with Crippen LogP contribution in [0.3, 0.4) is 0 Å². The standard InChI is InChI=1S/C18H24N2O5/c1-10(2)16-18(22)19-13(9-20(16)11(3)21)12-7-14(23-4)17(25-6)15(8-12)24-5/h7-10,16H,1-6H3,(H,19,22). The zero-order valence-corrected chi connectivity index (χ0v) is 15.4. The molecule has 0 spiro atoms. The van der Waals surface area contributed by atoms with Crippen LogP contribution in [0.2, 0.25) is 0 Å². The van der Waals surface area contributed by atoms with Gasteiger partial charge in [0, 0.05) is 18.7 Å². The van der Waals surface area contributed by atoms with Gasteiger partial charge in [-0.15, -0.1) is 0 Å². The van der Waals surface area contributed by atoms with E-state index in [0.29, 0.717) is 28.5 Å². The van der Waals surface area contributed by atoms with Crippen LogP contribution < -0.4 is 19.5 Å². The number of hydrogen-bond acceptors (Lipinski definition) is 5. The number of carbonyl (C=O) groups excluding carboxylic acids is 2. The SMILES string of the molecule is COc1cc(C2=CN(C(C)=O)C(C(C)C)C(=O)N2)cc(OC)c1OC. The van der Waals surface area contributed by atoms with E-state index in [9.17, 15) is 9.59 Å². The molecule has 1 aliphatic heterocycles. The lowest BCUT2D eigenvalue weighted by molar-refractivity contribution is -0.137. The summed E-state index contributed by atoms with van der Waals surface area (Å²) in [5.74, 6) is 0.955. The topological polar surface area (TPSA) is 77.1 Å². The van der Waals surface area contributed by atoms with Crippen molar-refractivity contribution in [1.82, 2.24) is 10.2 Å². The van der Waals surface area contributed by atoms with Gasteiger partial charge in [-0.25, -0.2) is 0 Å². The lowest BCUT2D eigenvalue weighted by atomic mass is 9.98. The van der Waals surface area contributed by atoms with Gasteiger partial charge in [0.25, 0.3) is 0 Å². The number of methoxy groups -OCH3 is 3. The van der Waals surface area contributed by atoms with Crippen molar-refractivity contribution in [3.05, 3.63) is 23.9 Å². The summed E-state index contributed by atoms with van der Waals surface area (Å²) in [6, 6.07) is 2.91. The van der Waals surface area contributed by atoms with E-state index in [2.05, 4.69) is 5.32 Å². The largest absolute Gasteiger partial charge is 0.493 e. The summed E-state index contributed by atoms with van der Waals surface area (Å²) in [7, 11) is 4.56. The molecule has 2 amide bonds. The highest BCUT2D eigenvalue weighted by Gasteiger charge is 2.34. The van der Waals surface area contributed by atoms with Crippen molar-refractivity contribution in [3.8, 4) is 17.2 Å². The number of rotatable bonds is 5. The number of carbonyl (C=O) groups is 2. The van der Waals surface area contributed by atoms with Crippen molar-refractivity contribution in [2.75, 3.05) is 21.3 Å². The molecule has 0 saturated carbocycles. The maximum absolute atomic E-state index is 12.5. The summed E-state index contributed by atoms with van der Waals surface area (Å²) < 4.78 is 16.0. The van der Waals surface area contributed by atoms with Crippen molar-refractivity contribution in [1.29, 1.82) is 0 Å². The van der Waals surface area contributed by atoms with Crippen LogP contribution in [0.4, 0.5) is 0 Å². The van der Waals surface area contributed by atoms with Crippen LogP contribution in [0.25, 0.3) is 5.70 Å². The molecule has 0 bridgehead atoms. The van der Waals surface area contributed by atoms with Crippen molar-refractivity contribution in [2.45, 2.75) is 26.8 Å². The Kier molecular flexibility index (Phi) is 5.56. The molecule has 1 aromatic rings. The van der Waals surface area contributed by atoms with E-state index in [4.69, 9.17) is 14.2 Å². The summed E-state index contributed by atoms with van der Waals surface area (Å²) in [6.07, 6.45) is 1.65. The van der Waals surface area contributed by atoms with Gasteiger partial charge < -0.3 is 24.4 Å². The highest BCUT2D eigenvalue weighted by molar-refractivity contribution is 5.97. The Bertz CT molecular complexity index is 686. The van der Waals surface area contributed by atoms with Crippen LogP contribution in [0, 0.1) is 5.92 Å². The highest BCUT2D eigenvalue weighted by atomic mass is 16.5. The Morgan fingerprint density at radius 1 is 1.12 bits per heavy atom. The Labute approximate surface area is 147 Å². The Morgan fingerprint density at radius 2 is 1.68 bits per heavy atom. The van der Waals surface area contributed by atoms with E-state index in [-0.39, 0.29) is 17.7 Å². The first-order valence-corrected chi connectivity index (χ1v) is 7.96. The molecule has 1 N–H and O–H groups in total. The second-order valence-corrected chi connectivity index (χ2v) is 6.06. The molecule has 0 radical (unpaired) electrons. The monoisotopic (exact) mass is 348 g/mol. The molecule has 1 heterocycles.